The number of methoxy groups -OCH3 is 2. The molecule has 0 unspecified atom stereocenters. The van der Waals surface area contributed by atoms with Gasteiger partial charge in [0.05, 0.1) is 14.2 Å². The zero-order chi connectivity index (χ0) is 21.5. The minimum Gasteiger partial charge on any atom is -0.494 e. The lowest BCUT2D eigenvalue weighted by Gasteiger charge is -2.11. The van der Waals surface area contributed by atoms with Gasteiger partial charge in [-0.2, -0.15) is 0 Å². The molecular formula is C21H22FN5O3. The van der Waals surface area contributed by atoms with E-state index in [1.54, 1.807) is 37.8 Å². The van der Waals surface area contributed by atoms with Crippen molar-refractivity contribution in [1.82, 2.24) is 20.3 Å². The number of benzene rings is 1. The van der Waals surface area contributed by atoms with Crippen LogP contribution in [-0.4, -0.2) is 42.1 Å². The Morgan fingerprint density at radius 2 is 1.83 bits per heavy atom. The summed E-state index contributed by atoms with van der Waals surface area (Å²) >= 11 is 0. The molecule has 30 heavy (non-hydrogen) atoms. The fourth-order valence-corrected chi connectivity index (χ4v) is 2.82. The van der Waals surface area contributed by atoms with Crippen LogP contribution in [0.25, 0.3) is 0 Å². The maximum absolute atomic E-state index is 14.6. The Kier molecular flexibility index (Phi) is 6.74. The van der Waals surface area contributed by atoms with Gasteiger partial charge < -0.3 is 20.1 Å². The quantitative estimate of drug-likeness (QED) is 0.588. The van der Waals surface area contributed by atoms with Crippen molar-refractivity contribution in [3.63, 3.8) is 0 Å². The molecule has 9 heteroatoms. The van der Waals surface area contributed by atoms with Gasteiger partial charge in [0, 0.05) is 43.0 Å². The highest BCUT2D eigenvalue weighted by atomic mass is 19.1. The van der Waals surface area contributed by atoms with Crippen molar-refractivity contribution < 1.29 is 18.7 Å². The number of nitrogens with one attached hydrogen (secondary N) is 2. The number of aryl methyl sites for hydroxylation is 2. The molecule has 0 aliphatic rings. The Morgan fingerprint density at radius 3 is 2.50 bits per heavy atom. The second-order valence-electron chi connectivity index (χ2n) is 6.36. The average molecular weight is 411 g/mol. The third-order valence-corrected chi connectivity index (χ3v) is 4.41. The Bertz CT molecular complexity index is 1030. The molecule has 2 N–H and O–H groups in total. The molecule has 0 saturated carbocycles. The lowest BCUT2D eigenvalue weighted by Crippen LogP contribution is -2.18. The number of nitrogens with zero attached hydrogens (tertiary/aromatic N) is 3. The molecule has 0 aliphatic heterocycles. The second kappa shape index (κ2) is 9.64. The number of hydrogen-bond donors (Lipinski definition) is 2. The zero-order valence-corrected chi connectivity index (χ0v) is 16.9. The predicted octanol–water partition coefficient (Wildman–Crippen LogP) is 2.92. The lowest BCUT2D eigenvalue weighted by molar-refractivity contribution is 0.0962. The van der Waals surface area contributed by atoms with Crippen LogP contribution in [0.2, 0.25) is 0 Å². The van der Waals surface area contributed by atoms with Crippen LogP contribution >= 0.6 is 0 Å². The smallest absolute Gasteiger partial charge is 0.251 e. The van der Waals surface area contributed by atoms with Gasteiger partial charge in [-0.25, -0.2) is 19.3 Å². The molecule has 156 valence electrons. The highest BCUT2D eigenvalue weighted by Crippen LogP contribution is 2.24. The number of pyridine rings is 1. The van der Waals surface area contributed by atoms with Crippen molar-refractivity contribution >= 4 is 17.5 Å². The highest BCUT2D eigenvalue weighted by Gasteiger charge is 2.15. The van der Waals surface area contributed by atoms with Gasteiger partial charge in [-0.15, -0.1) is 0 Å². The molecule has 0 bridgehead atoms. The summed E-state index contributed by atoms with van der Waals surface area (Å²) in [5.41, 5.74) is 2.31. The average Bonchev–Trinajstić information content (AvgIpc) is 2.79. The predicted molar refractivity (Wildman–Crippen MR) is 110 cm³/mol. The SMILES string of the molecule is CNC(=O)c1cc(CCc2cnc(Nc3ccnc(OC)c3)nc2)c(F)c(OC)c1. The van der Waals surface area contributed by atoms with Crippen LogP contribution in [0.4, 0.5) is 16.0 Å². The fraction of sp³-hybridized carbons (Fsp3) is 0.238. The summed E-state index contributed by atoms with van der Waals surface area (Å²) < 4.78 is 24.7. The van der Waals surface area contributed by atoms with E-state index in [4.69, 9.17) is 9.47 Å². The van der Waals surface area contributed by atoms with E-state index in [2.05, 4.69) is 25.6 Å². The first-order chi connectivity index (χ1) is 14.5. The minimum absolute atomic E-state index is 0.0367. The zero-order valence-electron chi connectivity index (χ0n) is 16.9. The van der Waals surface area contributed by atoms with E-state index < -0.39 is 5.82 Å². The van der Waals surface area contributed by atoms with Crippen LogP contribution in [0, 0.1) is 5.82 Å². The molecule has 1 aromatic carbocycles. The number of anilines is 2. The van der Waals surface area contributed by atoms with Crippen LogP contribution in [-0.2, 0) is 12.8 Å². The minimum atomic E-state index is -0.476. The summed E-state index contributed by atoms with van der Waals surface area (Å²) in [7, 11) is 4.43. The van der Waals surface area contributed by atoms with Gasteiger partial charge in [0.25, 0.3) is 5.91 Å². The van der Waals surface area contributed by atoms with E-state index >= 15 is 0 Å². The van der Waals surface area contributed by atoms with E-state index in [1.165, 1.54) is 26.3 Å². The Morgan fingerprint density at radius 1 is 1.07 bits per heavy atom. The van der Waals surface area contributed by atoms with E-state index in [0.29, 0.717) is 35.8 Å². The van der Waals surface area contributed by atoms with Gasteiger partial charge in [-0.05, 0) is 42.2 Å². The second-order valence-corrected chi connectivity index (χ2v) is 6.36. The van der Waals surface area contributed by atoms with Crippen molar-refractivity contribution in [2.45, 2.75) is 12.8 Å². The van der Waals surface area contributed by atoms with Crippen LogP contribution in [0.15, 0.2) is 42.9 Å². The molecule has 0 spiro atoms. The van der Waals surface area contributed by atoms with Crippen LogP contribution < -0.4 is 20.1 Å². The fourth-order valence-electron chi connectivity index (χ4n) is 2.82. The summed E-state index contributed by atoms with van der Waals surface area (Å²) in [6.07, 6.45) is 5.83. The van der Waals surface area contributed by atoms with E-state index in [0.717, 1.165) is 11.3 Å². The molecular weight excluding hydrogens is 389 g/mol. The summed E-state index contributed by atoms with van der Waals surface area (Å²) in [4.78, 5) is 24.5. The van der Waals surface area contributed by atoms with Gasteiger partial charge in [-0.1, -0.05) is 0 Å². The summed E-state index contributed by atoms with van der Waals surface area (Å²) in [5, 5.41) is 5.60. The first-order valence-corrected chi connectivity index (χ1v) is 9.20. The molecule has 0 saturated heterocycles. The van der Waals surface area contributed by atoms with E-state index in [1.807, 2.05) is 0 Å². The standard InChI is InChI=1S/C21H22FN5O3/c1-23-20(28)15-8-14(19(22)17(9-15)29-2)5-4-13-11-25-21(26-12-13)27-16-6-7-24-18(10-16)30-3/h6-12H,4-5H2,1-3H3,(H,23,28)(H,24,25,26,27). The topological polar surface area (TPSA) is 98.3 Å². The monoisotopic (exact) mass is 411 g/mol. The van der Waals surface area contributed by atoms with Gasteiger partial charge in [0.15, 0.2) is 11.6 Å². The molecule has 2 aromatic heterocycles. The van der Waals surface area contributed by atoms with Crippen molar-refractivity contribution in [2.75, 3.05) is 26.6 Å². The van der Waals surface area contributed by atoms with Gasteiger partial charge in [0.2, 0.25) is 11.8 Å². The van der Waals surface area contributed by atoms with E-state index in [-0.39, 0.29) is 11.7 Å². The van der Waals surface area contributed by atoms with Gasteiger partial charge in [-0.3, -0.25) is 4.79 Å². The number of carbonyl (C=O) groups excluding carboxylic acids is 1. The Balaban J connectivity index is 1.69. The van der Waals surface area contributed by atoms with Gasteiger partial charge in [0.1, 0.15) is 0 Å². The molecule has 1 amide bonds. The number of rotatable bonds is 8. The molecule has 0 fully saturated rings. The number of aromatic nitrogens is 3. The van der Waals surface area contributed by atoms with Crippen LogP contribution in [0.1, 0.15) is 21.5 Å². The number of amides is 1. The van der Waals surface area contributed by atoms with Crippen molar-refractivity contribution in [3.05, 3.63) is 65.4 Å². The Hall–Kier alpha value is -3.75. The largest absolute Gasteiger partial charge is 0.494 e. The summed E-state index contributed by atoms with van der Waals surface area (Å²) in [5.74, 6) is 0.154. The maximum Gasteiger partial charge on any atom is 0.251 e. The van der Waals surface area contributed by atoms with E-state index in [9.17, 15) is 9.18 Å². The molecule has 0 radical (unpaired) electrons. The molecule has 0 aliphatic carbocycles. The number of halogens is 1. The summed E-state index contributed by atoms with van der Waals surface area (Å²) in [6, 6.07) is 6.42. The molecule has 8 nitrogen and oxygen atoms in total. The first-order valence-electron chi connectivity index (χ1n) is 9.20. The van der Waals surface area contributed by atoms with Crippen LogP contribution in [0.5, 0.6) is 11.6 Å². The lowest BCUT2D eigenvalue weighted by atomic mass is 10.0. The third-order valence-electron chi connectivity index (χ3n) is 4.41. The van der Waals surface area contributed by atoms with Crippen molar-refractivity contribution in [2.24, 2.45) is 0 Å². The molecule has 2 heterocycles. The van der Waals surface area contributed by atoms with Gasteiger partial charge >= 0.3 is 0 Å². The highest BCUT2D eigenvalue weighted by molar-refractivity contribution is 5.94. The van der Waals surface area contributed by atoms with Crippen LogP contribution in [0.3, 0.4) is 0 Å². The summed E-state index contributed by atoms with van der Waals surface area (Å²) in [6.45, 7) is 0. The normalized spacial score (nSPS) is 10.4. The number of ether oxygens (including phenoxy) is 2. The maximum atomic E-state index is 14.6. The molecule has 0 atom stereocenters. The Labute approximate surface area is 173 Å². The number of hydrogen-bond acceptors (Lipinski definition) is 7. The van der Waals surface area contributed by atoms with Crippen molar-refractivity contribution in [1.29, 1.82) is 0 Å². The first kappa shape index (κ1) is 21.0. The molecule has 3 aromatic rings. The number of carbonyl (C=O) groups is 1. The molecule has 3 rings (SSSR count). The third kappa shape index (κ3) is 4.99. The van der Waals surface area contributed by atoms with Crippen molar-refractivity contribution in [3.8, 4) is 11.6 Å².